The monoisotopic (exact) mass is 506 g/mol. The van der Waals surface area contributed by atoms with Crippen molar-refractivity contribution in [3.8, 4) is 0 Å². The zero-order chi connectivity index (χ0) is 25.9. The minimum absolute atomic E-state index is 0.132. The van der Waals surface area contributed by atoms with E-state index < -0.39 is 35.6 Å². The number of carbonyl (C=O) groups is 3. The normalized spacial score (nSPS) is 32.0. The minimum atomic E-state index is -1.32. The minimum Gasteiger partial charge on any atom is -0.394 e. The maximum absolute atomic E-state index is 14.3. The molecule has 3 amide bonds. The molecule has 2 fully saturated rings. The molecule has 11 heteroatoms. The first-order chi connectivity index (χ1) is 17.9. The molecule has 37 heavy (non-hydrogen) atoms. The predicted octanol–water partition coefficient (Wildman–Crippen LogP) is 0.167. The lowest BCUT2D eigenvalue weighted by molar-refractivity contribution is -0.152. The molecule has 0 radical (unpaired) electrons. The zero-order valence-electron chi connectivity index (χ0n) is 20.8. The van der Waals surface area contributed by atoms with Crippen molar-refractivity contribution in [1.29, 1.82) is 0 Å². The van der Waals surface area contributed by atoms with E-state index in [1.807, 2.05) is 49.4 Å². The number of fused-ring (bicyclic) bond motifs is 3. The van der Waals surface area contributed by atoms with E-state index in [1.54, 1.807) is 27.6 Å². The van der Waals surface area contributed by atoms with E-state index in [0.717, 1.165) is 11.0 Å². The highest BCUT2D eigenvalue weighted by Crippen LogP contribution is 2.54. The lowest BCUT2D eigenvalue weighted by Crippen LogP contribution is -2.58. The second kappa shape index (κ2) is 8.77. The Hall–Kier alpha value is -3.57. The van der Waals surface area contributed by atoms with E-state index in [2.05, 4.69) is 10.3 Å². The summed E-state index contributed by atoms with van der Waals surface area (Å²) < 4.78 is 8.23. The highest BCUT2D eigenvalue weighted by atomic mass is 16.5. The van der Waals surface area contributed by atoms with Gasteiger partial charge in [-0.1, -0.05) is 48.6 Å². The highest BCUT2D eigenvalue weighted by Gasteiger charge is 2.72. The molecule has 1 aromatic heterocycles. The molecule has 6 atom stereocenters. The van der Waals surface area contributed by atoms with Crippen molar-refractivity contribution >= 4 is 28.8 Å². The number of benzene rings is 1. The molecular weight excluding hydrogens is 476 g/mol. The molecular formula is C26H30N6O5. The Kier molecular flexibility index (Phi) is 5.64. The van der Waals surface area contributed by atoms with E-state index in [4.69, 9.17) is 4.74 Å². The van der Waals surface area contributed by atoms with Crippen LogP contribution in [0, 0.1) is 11.8 Å². The topological polar surface area (TPSA) is 121 Å². The Balaban J connectivity index is 1.43. The molecule has 2 aromatic rings. The molecule has 11 nitrogen and oxygen atoms in total. The number of aliphatic hydroxyl groups is 1. The average molecular weight is 507 g/mol. The molecule has 6 rings (SSSR count). The van der Waals surface area contributed by atoms with E-state index in [9.17, 15) is 19.5 Å². The van der Waals surface area contributed by atoms with E-state index in [0.29, 0.717) is 13.0 Å². The Labute approximate surface area is 213 Å². The third-order valence-electron chi connectivity index (χ3n) is 8.18. The van der Waals surface area contributed by atoms with Crippen LogP contribution < -0.4 is 0 Å². The molecule has 1 unspecified atom stereocenters. The van der Waals surface area contributed by atoms with Gasteiger partial charge in [0, 0.05) is 20.1 Å². The molecule has 1 aromatic carbocycles. The van der Waals surface area contributed by atoms with Gasteiger partial charge in [0.2, 0.25) is 11.8 Å². The fourth-order valence-corrected chi connectivity index (χ4v) is 6.37. The number of aliphatic hydroxyl groups excluding tert-OH is 1. The number of rotatable bonds is 5. The van der Waals surface area contributed by atoms with Crippen LogP contribution in [-0.2, 0) is 25.8 Å². The number of ether oxygens (including phenoxy) is 1. The van der Waals surface area contributed by atoms with E-state index >= 15 is 0 Å². The lowest BCUT2D eigenvalue weighted by Gasteiger charge is -2.38. The Bertz CT molecular complexity index is 1320. The third kappa shape index (κ3) is 3.37. The van der Waals surface area contributed by atoms with Crippen molar-refractivity contribution in [3.63, 3.8) is 0 Å². The standard InChI is InChI=1S/C26H30N6O5/c1-3-16(14-33)32-22-25(36)30(15-31-18-9-5-4-8-17(18)27-28-31)13-7-11-26(22)21(24(32)35)20-19(37-26)10-6-12-29(2)23(20)34/h4-11,16,19-22,33H,3,12-15H2,1-2H3/t16-,19+,20-,21-,22?,26-/m0/s1. The van der Waals surface area contributed by atoms with Crippen molar-refractivity contribution in [2.45, 2.75) is 43.8 Å². The van der Waals surface area contributed by atoms with Crippen LogP contribution in [0.1, 0.15) is 13.3 Å². The van der Waals surface area contributed by atoms with E-state index in [1.165, 1.54) is 4.90 Å². The largest absolute Gasteiger partial charge is 0.394 e. The van der Waals surface area contributed by atoms with Gasteiger partial charge in [-0.05, 0) is 18.6 Å². The fourth-order valence-electron chi connectivity index (χ4n) is 6.37. The summed E-state index contributed by atoms with van der Waals surface area (Å²) in [4.78, 5) is 46.5. The van der Waals surface area contributed by atoms with Gasteiger partial charge < -0.3 is 24.5 Å². The number of likely N-dealkylation sites (tertiary alicyclic amines) is 1. The number of amides is 3. The Morgan fingerprint density at radius 3 is 2.73 bits per heavy atom. The van der Waals surface area contributed by atoms with Crippen LogP contribution in [0.5, 0.6) is 0 Å². The predicted molar refractivity (Wildman–Crippen MR) is 132 cm³/mol. The van der Waals surface area contributed by atoms with Crippen LogP contribution in [0.25, 0.3) is 11.0 Å². The van der Waals surface area contributed by atoms with Crippen LogP contribution >= 0.6 is 0 Å². The Morgan fingerprint density at radius 1 is 1.14 bits per heavy atom. The SMILES string of the molecule is CC[C@@H](CO)N1C(=O)[C@@H]2[C@H]3C(=O)N(C)CC=C[C@H]3O[C@@]23C=CCN(Cn2nnc4ccccc42)C(=O)C13. The molecule has 2 saturated heterocycles. The fraction of sp³-hybridized carbons (Fsp3) is 0.500. The number of aromatic nitrogens is 3. The van der Waals surface area contributed by atoms with Gasteiger partial charge in [-0.2, -0.15) is 0 Å². The summed E-state index contributed by atoms with van der Waals surface area (Å²) in [6, 6.07) is 5.89. The smallest absolute Gasteiger partial charge is 0.250 e. The van der Waals surface area contributed by atoms with Gasteiger partial charge in [0.1, 0.15) is 23.8 Å². The summed E-state index contributed by atoms with van der Waals surface area (Å²) in [5.41, 5.74) is 0.189. The first kappa shape index (κ1) is 23.8. The second-order valence-corrected chi connectivity index (χ2v) is 10.2. The maximum Gasteiger partial charge on any atom is 0.250 e. The molecule has 194 valence electrons. The molecule has 1 spiro atoms. The molecule has 4 aliphatic rings. The van der Waals surface area contributed by atoms with Gasteiger partial charge in [0.15, 0.2) is 0 Å². The number of para-hydroxylation sites is 1. The van der Waals surface area contributed by atoms with Crippen molar-refractivity contribution in [2.75, 3.05) is 26.7 Å². The van der Waals surface area contributed by atoms with Crippen LogP contribution in [-0.4, -0.2) is 103 Å². The molecule has 1 N–H and O–H groups in total. The van der Waals surface area contributed by atoms with Gasteiger partial charge in [-0.25, -0.2) is 4.68 Å². The lowest BCUT2D eigenvalue weighted by atomic mass is 9.77. The van der Waals surface area contributed by atoms with Crippen molar-refractivity contribution in [2.24, 2.45) is 11.8 Å². The van der Waals surface area contributed by atoms with Gasteiger partial charge in [-0.15, -0.1) is 5.10 Å². The maximum atomic E-state index is 14.3. The van der Waals surface area contributed by atoms with E-state index in [-0.39, 0.29) is 37.5 Å². The van der Waals surface area contributed by atoms with Gasteiger partial charge in [0.25, 0.3) is 5.91 Å². The number of likely N-dealkylation sites (N-methyl/N-ethyl adjacent to an activating group) is 1. The summed E-state index contributed by atoms with van der Waals surface area (Å²) in [6.45, 7) is 2.40. The van der Waals surface area contributed by atoms with Gasteiger partial charge in [0.05, 0.1) is 36.1 Å². The quantitative estimate of drug-likeness (QED) is 0.574. The summed E-state index contributed by atoms with van der Waals surface area (Å²) in [7, 11) is 1.70. The average Bonchev–Trinajstić information content (AvgIpc) is 3.46. The molecule has 0 saturated carbocycles. The number of nitrogens with zero attached hydrogens (tertiary/aromatic N) is 6. The first-order valence-corrected chi connectivity index (χ1v) is 12.7. The van der Waals surface area contributed by atoms with Crippen LogP contribution in [0.15, 0.2) is 48.6 Å². The molecule has 4 aliphatic heterocycles. The van der Waals surface area contributed by atoms with Crippen LogP contribution in [0.4, 0.5) is 0 Å². The van der Waals surface area contributed by atoms with Gasteiger partial charge in [-0.3, -0.25) is 14.4 Å². The highest BCUT2D eigenvalue weighted by molar-refractivity contribution is 6.00. The summed E-state index contributed by atoms with van der Waals surface area (Å²) in [5.74, 6) is -2.44. The molecule has 5 heterocycles. The number of hydrogen-bond acceptors (Lipinski definition) is 7. The first-order valence-electron chi connectivity index (χ1n) is 12.7. The van der Waals surface area contributed by atoms with Crippen LogP contribution in [0.3, 0.4) is 0 Å². The van der Waals surface area contributed by atoms with Crippen molar-refractivity contribution < 1.29 is 24.2 Å². The van der Waals surface area contributed by atoms with Gasteiger partial charge >= 0.3 is 0 Å². The number of hydrogen-bond donors (Lipinski definition) is 1. The Morgan fingerprint density at radius 2 is 1.95 bits per heavy atom. The van der Waals surface area contributed by atoms with Crippen molar-refractivity contribution in [1.82, 2.24) is 29.7 Å². The second-order valence-electron chi connectivity index (χ2n) is 10.2. The third-order valence-corrected chi connectivity index (χ3v) is 8.18. The van der Waals surface area contributed by atoms with Crippen molar-refractivity contribution in [3.05, 3.63) is 48.6 Å². The molecule has 0 aliphatic carbocycles. The number of carbonyl (C=O) groups excluding carboxylic acids is 3. The summed E-state index contributed by atoms with van der Waals surface area (Å²) in [5, 5.41) is 18.6. The zero-order valence-corrected chi connectivity index (χ0v) is 20.8. The van der Waals surface area contributed by atoms with Crippen LogP contribution in [0.2, 0.25) is 0 Å². The molecule has 0 bridgehead atoms. The summed E-state index contributed by atoms with van der Waals surface area (Å²) >= 11 is 0. The summed E-state index contributed by atoms with van der Waals surface area (Å²) in [6.07, 6.45) is 7.17.